The maximum Gasteiger partial charge on any atom is 0.274 e. The second-order valence-corrected chi connectivity index (χ2v) is 5.52. The fourth-order valence-electron chi connectivity index (χ4n) is 2.03. The number of nitrogens with two attached hydrogens (primary N) is 1. The number of aryl methyl sites for hydroxylation is 1. The molecule has 0 spiro atoms. The molecule has 1 rings (SSSR count). The molecule has 0 radical (unpaired) electrons. The molecule has 1 aromatic rings. The van der Waals surface area contributed by atoms with Crippen LogP contribution in [0.1, 0.15) is 63.1 Å². The number of aromatic nitrogens is 2. The van der Waals surface area contributed by atoms with Crippen molar-refractivity contribution >= 4 is 11.6 Å². The van der Waals surface area contributed by atoms with Crippen molar-refractivity contribution in [3.8, 4) is 0 Å². The van der Waals surface area contributed by atoms with E-state index in [0.29, 0.717) is 17.3 Å². The number of carbonyl (C=O) groups is 1. The van der Waals surface area contributed by atoms with E-state index in [0.717, 1.165) is 25.0 Å². The van der Waals surface area contributed by atoms with E-state index < -0.39 is 0 Å². The van der Waals surface area contributed by atoms with Crippen molar-refractivity contribution in [2.24, 2.45) is 5.92 Å². The summed E-state index contributed by atoms with van der Waals surface area (Å²) in [5.74, 6) is 0.516. The SMILES string of the molecule is CCc1[nH]nc(C(=O)NC(C)CCCC(C)C)c1N. The highest BCUT2D eigenvalue weighted by molar-refractivity contribution is 5.97. The van der Waals surface area contributed by atoms with Crippen LogP contribution in [0.2, 0.25) is 0 Å². The van der Waals surface area contributed by atoms with Crippen molar-refractivity contribution in [1.82, 2.24) is 15.5 Å². The number of H-pyrrole nitrogens is 1. The van der Waals surface area contributed by atoms with Gasteiger partial charge in [-0.25, -0.2) is 0 Å². The lowest BCUT2D eigenvalue weighted by atomic mass is 10.0. The molecule has 0 aliphatic rings. The van der Waals surface area contributed by atoms with Crippen LogP contribution in [0.15, 0.2) is 0 Å². The molecule has 108 valence electrons. The lowest BCUT2D eigenvalue weighted by molar-refractivity contribution is 0.0933. The lowest BCUT2D eigenvalue weighted by Gasteiger charge is -2.13. The minimum Gasteiger partial charge on any atom is -0.395 e. The van der Waals surface area contributed by atoms with E-state index in [1.807, 2.05) is 13.8 Å². The Bertz CT molecular complexity index is 412. The Balaban J connectivity index is 2.47. The third-order valence-electron chi connectivity index (χ3n) is 3.25. The Morgan fingerprint density at radius 3 is 2.58 bits per heavy atom. The van der Waals surface area contributed by atoms with Gasteiger partial charge in [0.15, 0.2) is 5.69 Å². The maximum atomic E-state index is 12.0. The number of rotatable bonds is 7. The normalized spacial score (nSPS) is 12.7. The van der Waals surface area contributed by atoms with Crippen LogP contribution in [0.4, 0.5) is 5.69 Å². The van der Waals surface area contributed by atoms with Crippen LogP contribution in [-0.2, 0) is 6.42 Å². The zero-order valence-corrected chi connectivity index (χ0v) is 12.4. The van der Waals surface area contributed by atoms with Crippen LogP contribution >= 0.6 is 0 Å². The van der Waals surface area contributed by atoms with Gasteiger partial charge in [0.2, 0.25) is 0 Å². The van der Waals surface area contributed by atoms with Crippen LogP contribution in [0.3, 0.4) is 0 Å². The van der Waals surface area contributed by atoms with E-state index >= 15 is 0 Å². The van der Waals surface area contributed by atoms with E-state index in [1.165, 1.54) is 6.42 Å². The molecule has 0 aliphatic carbocycles. The molecule has 0 saturated carbocycles. The summed E-state index contributed by atoms with van der Waals surface area (Å²) in [6.45, 7) is 8.40. The predicted octanol–water partition coefficient (Wildman–Crippen LogP) is 2.50. The molecule has 0 fully saturated rings. The molecule has 0 aromatic carbocycles. The van der Waals surface area contributed by atoms with Crippen molar-refractivity contribution in [2.45, 2.75) is 59.4 Å². The van der Waals surface area contributed by atoms with Gasteiger partial charge in [0.05, 0.1) is 11.4 Å². The maximum absolute atomic E-state index is 12.0. The Morgan fingerprint density at radius 1 is 1.37 bits per heavy atom. The molecule has 4 N–H and O–H groups in total. The average molecular weight is 266 g/mol. The van der Waals surface area contributed by atoms with Crippen LogP contribution in [0, 0.1) is 5.92 Å². The second-order valence-electron chi connectivity index (χ2n) is 5.52. The summed E-state index contributed by atoms with van der Waals surface area (Å²) in [5.41, 5.74) is 7.47. The highest BCUT2D eigenvalue weighted by Gasteiger charge is 2.17. The van der Waals surface area contributed by atoms with E-state index in [9.17, 15) is 4.79 Å². The molecule has 1 unspecified atom stereocenters. The van der Waals surface area contributed by atoms with E-state index in [-0.39, 0.29) is 11.9 Å². The van der Waals surface area contributed by atoms with Crippen LogP contribution < -0.4 is 11.1 Å². The lowest BCUT2D eigenvalue weighted by Crippen LogP contribution is -2.33. The fraction of sp³-hybridized carbons (Fsp3) is 0.714. The summed E-state index contributed by atoms with van der Waals surface area (Å²) in [6.07, 6.45) is 4.03. The molecule has 1 heterocycles. The summed E-state index contributed by atoms with van der Waals surface area (Å²) in [5, 5.41) is 9.73. The first-order chi connectivity index (χ1) is 8.95. The van der Waals surface area contributed by atoms with Gasteiger partial charge in [-0.05, 0) is 25.7 Å². The highest BCUT2D eigenvalue weighted by Crippen LogP contribution is 2.15. The second kappa shape index (κ2) is 7.16. The first kappa shape index (κ1) is 15.5. The molecule has 0 saturated heterocycles. The minimum absolute atomic E-state index is 0.146. The minimum atomic E-state index is -0.189. The summed E-state index contributed by atoms with van der Waals surface area (Å²) < 4.78 is 0. The highest BCUT2D eigenvalue weighted by atomic mass is 16.2. The monoisotopic (exact) mass is 266 g/mol. The first-order valence-electron chi connectivity index (χ1n) is 7.09. The number of aromatic amines is 1. The van der Waals surface area contributed by atoms with Gasteiger partial charge in [-0.3, -0.25) is 9.89 Å². The Kier molecular flexibility index (Phi) is 5.86. The van der Waals surface area contributed by atoms with Crippen LogP contribution in [0.5, 0.6) is 0 Å². The number of nitrogens with zero attached hydrogens (tertiary/aromatic N) is 1. The van der Waals surface area contributed by atoms with Crippen LogP contribution in [-0.4, -0.2) is 22.1 Å². The number of hydrogen-bond acceptors (Lipinski definition) is 3. The van der Waals surface area contributed by atoms with Gasteiger partial charge in [-0.1, -0.05) is 33.6 Å². The zero-order chi connectivity index (χ0) is 14.4. The number of hydrogen-bond donors (Lipinski definition) is 3. The molecule has 1 amide bonds. The van der Waals surface area contributed by atoms with Crippen LogP contribution in [0.25, 0.3) is 0 Å². The molecule has 1 atom stereocenters. The van der Waals surface area contributed by atoms with Gasteiger partial charge >= 0.3 is 0 Å². The van der Waals surface area contributed by atoms with Gasteiger partial charge < -0.3 is 11.1 Å². The van der Waals surface area contributed by atoms with E-state index in [4.69, 9.17) is 5.73 Å². The molecule has 5 nitrogen and oxygen atoms in total. The Labute approximate surface area is 115 Å². The number of nitrogen functional groups attached to an aromatic ring is 1. The summed E-state index contributed by atoms with van der Waals surface area (Å²) in [6, 6.07) is 0.146. The average Bonchev–Trinajstić information content (AvgIpc) is 2.69. The van der Waals surface area contributed by atoms with Crippen molar-refractivity contribution in [2.75, 3.05) is 5.73 Å². The van der Waals surface area contributed by atoms with Gasteiger partial charge in [0.25, 0.3) is 5.91 Å². The third-order valence-corrected chi connectivity index (χ3v) is 3.25. The van der Waals surface area contributed by atoms with E-state index in [1.54, 1.807) is 0 Å². The Hall–Kier alpha value is -1.52. The summed E-state index contributed by atoms with van der Waals surface area (Å²) >= 11 is 0. The molecule has 5 heteroatoms. The van der Waals surface area contributed by atoms with Crippen molar-refractivity contribution < 1.29 is 4.79 Å². The zero-order valence-electron chi connectivity index (χ0n) is 12.4. The van der Waals surface area contributed by atoms with Crippen molar-refractivity contribution in [1.29, 1.82) is 0 Å². The van der Waals surface area contributed by atoms with Gasteiger partial charge in [0, 0.05) is 6.04 Å². The number of amides is 1. The molecule has 19 heavy (non-hydrogen) atoms. The number of anilines is 1. The first-order valence-corrected chi connectivity index (χ1v) is 7.09. The quantitative estimate of drug-likeness (QED) is 0.709. The standard InChI is InChI=1S/C14H26N4O/c1-5-11-12(15)13(18-17-11)14(19)16-10(4)8-6-7-9(2)3/h9-10H,5-8,15H2,1-4H3,(H,16,19)(H,17,18). The Morgan fingerprint density at radius 2 is 2.05 bits per heavy atom. The summed E-state index contributed by atoms with van der Waals surface area (Å²) in [4.78, 5) is 12.0. The molecule has 0 aliphatic heterocycles. The van der Waals surface area contributed by atoms with Gasteiger partial charge in [0.1, 0.15) is 0 Å². The molecular formula is C14H26N4O. The topological polar surface area (TPSA) is 83.8 Å². The van der Waals surface area contributed by atoms with Gasteiger partial charge in [-0.2, -0.15) is 5.10 Å². The summed E-state index contributed by atoms with van der Waals surface area (Å²) in [7, 11) is 0. The number of carbonyl (C=O) groups excluding carboxylic acids is 1. The fourth-order valence-corrected chi connectivity index (χ4v) is 2.03. The number of nitrogens with one attached hydrogen (secondary N) is 2. The molecule has 0 bridgehead atoms. The third kappa shape index (κ3) is 4.58. The largest absolute Gasteiger partial charge is 0.395 e. The smallest absolute Gasteiger partial charge is 0.274 e. The molecule has 1 aromatic heterocycles. The van der Waals surface area contributed by atoms with Crippen molar-refractivity contribution in [3.05, 3.63) is 11.4 Å². The predicted molar refractivity (Wildman–Crippen MR) is 78.0 cm³/mol. The molecular weight excluding hydrogens is 240 g/mol. The van der Waals surface area contributed by atoms with E-state index in [2.05, 4.69) is 29.4 Å². The van der Waals surface area contributed by atoms with Crippen molar-refractivity contribution in [3.63, 3.8) is 0 Å². The van der Waals surface area contributed by atoms with Gasteiger partial charge in [-0.15, -0.1) is 0 Å².